The molecule has 1 aliphatic rings. The number of para-hydroxylation sites is 1. The molecule has 0 aliphatic carbocycles. The minimum absolute atomic E-state index is 0.00731. The number of hydrogen-bond acceptors (Lipinski definition) is 2. The van der Waals surface area contributed by atoms with Crippen molar-refractivity contribution < 1.29 is 9.59 Å². The van der Waals surface area contributed by atoms with Gasteiger partial charge in [0.25, 0.3) is 0 Å². The van der Waals surface area contributed by atoms with Crippen LogP contribution in [0.5, 0.6) is 0 Å². The van der Waals surface area contributed by atoms with Crippen LogP contribution in [-0.2, 0) is 16.0 Å². The molecule has 2 amide bonds. The van der Waals surface area contributed by atoms with Crippen LogP contribution in [0.3, 0.4) is 0 Å². The van der Waals surface area contributed by atoms with E-state index in [4.69, 9.17) is 0 Å². The van der Waals surface area contributed by atoms with Gasteiger partial charge in [-0.1, -0.05) is 24.3 Å². The molecule has 2 N–H and O–H groups in total. The number of anilines is 2. The Kier molecular flexibility index (Phi) is 4.65. The molecular weight excluding hydrogens is 300 g/mol. The fourth-order valence-electron chi connectivity index (χ4n) is 3.22. The van der Waals surface area contributed by atoms with Gasteiger partial charge in [-0.15, -0.1) is 0 Å². The molecule has 0 spiro atoms. The highest BCUT2D eigenvalue weighted by molar-refractivity contribution is 5.96. The first kappa shape index (κ1) is 16.2. The first-order valence-electron chi connectivity index (χ1n) is 8.28. The van der Waals surface area contributed by atoms with E-state index < -0.39 is 0 Å². The first-order valence-corrected chi connectivity index (χ1v) is 8.28. The molecule has 4 nitrogen and oxygen atoms in total. The molecule has 0 saturated heterocycles. The molecule has 1 atom stereocenters. The van der Waals surface area contributed by atoms with E-state index in [1.807, 2.05) is 50.2 Å². The molecule has 0 radical (unpaired) electrons. The number of fused-ring (bicyclic) bond motifs is 1. The van der Waals surface area contributed by atoms with Gasteiger partial charge in [0.2, 0.25) is 11.8 Å². The van der Waals surface area contributed by atoms with Crippen LogP contribution < -0.4 is 10.6 Å². The minimum Gasteiger partial charge on any atom is -0.326 e. The van der Waals surface area contributed by atoms with Gasteiger partial charge in [0.15, 0.2) is 0 Å². The predicted molar refractivity (Wildman–Crippen MR) is 96.0 cm³/mol. The second-order valence-corrected chi connectivity index (χ2v) is 6.51. The topological polar surface area (TPSA) is 58.2 Å². The normalized spacial score (nSPS) is 16.2. The van der Waals surface area contributed by atoms with Gasteiger partial charge in [-0.05, 0) is 61.6 Å². The van der Waals surface area contributed by atoms with E-state index >= 15 is 0 Å². The molecule has 0 aromatic heterocycles. The van der Waals surface area contributed by atoms with Crippen LogP contribution in [0.1, 0.15) is 29.5 Å². The van der Waals surface area contributed by atoms with Crippen LogP contribution in [-0.4, -0.2) is 11.8 Å². The Labute approximate surface area is 142 Å². The van der Waals surface area contributed by atoms with Crippen molar-refractivity contribution in [2.75, 3.05) is 10.6 Å². The molecule has 24 heavy (non-hydrogen) atoms. The highest BCUT2D eigenvalue weighted by Gasteiger charge is 2.26. The van der Waals surface area contributed by atoms with Crippen LogP contribution in [0.2, 0.25) is 0 Å². The summed E-state index contributed by atoms with van der Waals surface area (Å²) in [4.78, 5) is 24.4. The number of rotatable bonds is 4. The Hall–Kier alpha value is -2.62. The Bertz CT molecular complexity index is 763. The zero-order valence-corrected chi connectivity index (χ0v) is 14.1. The summed E-state index contributed by atoms with van der Waals surface area (Å²) in [7, 11) is 0. The van der Waals surface area contributed by atoms with E-state index in [2.05, 4.69) is 16.7 Å². The van der Waals surface area contributed by atoms with E-state index in [1.165, 1.54) is 0 Å². The predicted octanol–water partition coefficient (Wildman–Crippen LogP) is 3.83. The molecular formula is C20H22N2O2. The number of carbonyl (C=O) groups excluding carboxylic acids is 2. The largest absolute Gasteiger partial charge is 0.326 e. The fourth-order valence-corrected chi connectivity index (χ4v) is 3.22. The van der Waals surface area contributed by atoms with Gasteiger partial charge in [-0.3, -0.25) is 9.59 Å². The average Bonchev–Trinajstić information content (AvgIpc) is 2.52. The summed E-state index contributed by atoms with van der Waals surface area (Å²) < 4.78 is 0. The molecule has 2 aromatic rings. The molecule has 1 unspecified atom stereocenters. The van der Waals surface area contributed by atoms with Gasteiger partial charge in [0.05, 0.1) is 0 Å². The monoisotopic (exact) mass is 322 g/mol. The lowest BCUT2D eigenvalue weighted by Crippen LogP contribution is -2.30. The van der Waals surface area contributed by atoms with E-state index in [9.17, 15) is 9.59 Å². The molecule has 4 heteroatoms. The second kappa shape index (κ2) is 6.87. The summed E-state index contributed by atoms with van der Waals surface area (Å²) in [6.45, 7) is 4.01. The Morgan fingerprint density at radius 3 is 2.62 bits per heavy atom. The summed E-state index contributed by atoms with van der Waals surface area (Å²) in [6.07, 6.45) is 1.59. The summed E-state index contributed by atoms with van der Waals surface area (Å²) in [5.74, 6) is -0.190. The summed E-state index contributed by atoms with van der Waals surface area (Å²) in [6, 6.07) is 13.8. The minimum atomic E-state index is -0.148. The Balaban J connectivity index is 1.57. The van der Waals surface area contributed by atoms with E-state index in [0.29, 0.717) is 19.3 Å². The average molecular weight is 322 g/mol. The third kappa shape index (κ3) is 3.82. The SMILES string of the molecule is Cc1cc(C)cc(NC(=O)CCC2Cc3ccccc3NC2=O)c1. The fraction of sp³-hybridized carbons (Fsp3) is 0.300. The van der Waals surface area contributed by atoms with Crippen molar-refractivity contribution in [3.63, 3.8) is 0 Å². The van der Waals surface area contributed by atoms with Crippen molar-refractivity contribution in [3.05, 3.63) is 59.2 Å². The van der Waals surface area contributed by atoms with Crippen molar-refractivity contribution in [2.45, 2.75) is 33.1 Å². The van der Waals surface area contributed by atoms with Crippen LogP contribution >= 0.6 is 0 Å². The van der Waals surface area contributed by atoms with Gasteiger partial charge < -0.3 is 10.6 Å². The standard InChI is InChI=1S/C20H22N2O2/c1-13-9-14(2)11-17(10-13)21-19(23)8-7-16-12-15-5-3-4-6-18(15)22-20(16)24/h3-6,9-11,16H,7-8,12H2,1-2H3,(H,21,23)(H,22,24). The van der Waals surface area contributed by atoms with Crippen molar-refractivity contribution in [2.24, 2.45) is 5.92 Å². The zero-order valence-electron chi connectivity index (χ0n) is 14.1. The lowest BCUT2D eigenvalue weighted by molar-refractivity contribution is -0.121. The van der Waals surface area contributed by atoms with Crippen LogP contribution in [0.4, 0.5) is 11.4 Å². The molecule has 124 valence electrons. The van der Waals surface area contributed by atoms with Crippen LogP contribution in [0.15, 0.2) is 42.5 Å². The molecule has 1 aliphatic heterocycles. The maximum absolute atomic E-state index is 12.2. The molecule has 2 aromatic carbocycles. The summed E-state index contributed by atoms with van der Waals surface area (Å²) in [5, 5.41) is 5.85. The van der Waals surface area contributed by atoms with Gasteiger partial charge in [0.1, 0.15) is 0 Å². The molecule has 0 saturated carbocycles. The number of aryl methyl sites for hydroxylation is 2. The Morgan fingerprint density at radius 2 is 1.88 bits per heavy atom. The zero-order chi connectivity index (χ0) is 17.1. The molecule has 3 rings (SSSR count). The van der Waals surface area contributed by atoms with Crippen molar-refractivity contribution >= 4 is 23.2 Å². The van der Waals surface area contributed by atoms with Gasteiger partial charge in [-0.2, -0.15) is 0 Å². The molecule has 1 heterocycles. The maximum Gasteiger partial charge on any atom is 0.227 e. The van der Waals surface area contributed by atoms with Crippen molar-refractivity contribution in [1.29, 1.82) is 0 Å². The molecule has 0 bridgehead atoms. The first-order chi connectivity index (χ1) is 11.5. The number of hydrogen-bond donors (Lipinski definition) is 2. The number of nitrogens with one attached hydrogen (secondary N) is 2. The van der Waals surface area contributed by atoms with E-state index in [-0.39, 0.29) is 17.7 Å². The van der Waals surface area contributed by atoms with E-state index in [1.54, 1.807) is 0 Å². The van der Waals surface area contributed by atoms with Gasteiger partial charge >= 0.3 is 0 Å². The summed E-state index contributed by atoms with van der Waals surface area (Å²) in [5.41, 5.74) is 5.08. The highest BCUT2D eigenvalue weighted by atomic mass is 16.2. The maximum atomic E-state index is 12.2. The molecule has 0 fully saturated rings. The number of benzene rings is 2. The van der Waals surface area contributed by atoms with Gasteiger partial charge in [0, 0.05) is 23.7 Å². The van der Waals surface area contributed by atoms with Crippen molar-refractivity contribution in [3.8, 4) is 0 Å². The van der Waals surface area contributed by atoms with Crippen molar-refractivity contribution in [1.82, 2.24) is 0 Å². The quantitative estimate of drug-likeness (QED) is 0.898. The smallest absolute Gasteiger partial charge is 0.227 e. The number of carbonyl (C=O) groups is 2. The van der Waals surface area contributed by atoms with E-state index in [0.717, 1.165) is 28.1 Å². The van der Waals surface area contributed by atoms with Gasteiger partial charge in [-0.25, -0.2) is 0 Å². The Morgan fingerprint density at radius 1 is 1.17 bits per heavy atom. The van der Waals surface area contributed by atoms with Crippen LogP contribution in [0, 0.1) is 19.8 Å². The third-order valence-corrected chi connectivity index (χ3v) is 4.34. The lowest BCUT2D eigenvalue weighted by Gasteiger charge is -2.24. The third-order valence-electron chi connectivity index (χ3n) is 4.34. The summed E-state index contributed by atoms with van der Waals surface area (Å²) >= 11 is 0. The number of amides is 2. The lowest BCUT2D eigenvalue weighted by atomic mass is 9.89. The second-order valence-electron chi connectivity index (χ2n) is 6.51. The van der Waals surface area contributed by atoms with Crippen LogP contribution in [0.25, 0.3) is 0 Å². The highest BCUT2D eigenvalue weighted by Crippen LogP contribution is 2.27.